The van der Waals surface area contributed by atoms with E-state index >= 15 is 0 Å². The molecule has 0 fully saturated rings. The van der Waals surface area contributed by atoms with Gasteiger partial charge in [-0.25, -0.2) is 0 Å². The molecule has 2 rings (SSSR count). The minimum atomic E-state index is -0.590. The zero-order chi connectivity index (χ0) is 13.1. The van der Waals surface area contributed by atoms with Gasteiger partial charge in [0.25, 0.3) is 0 Å². The van der Waals surface area contributed by atoms with Crippen LogP contribution in [0.25, 0.3) is 0 Å². The Morgan fingerprint density at radius 1 is 1.11 bits per heavy atom. The Hall–Kier alpha value is -1.31. The third-order valence-electron chi connectivity index (χ3n) is 3.17. The molecule has 94 valence electrons. The van der Waals surface area contributed by atoms with Crippen LogP contribution in [-0.4, -0.2) is 5.11 Å². The highest BCUT2D eigenvalue weighted by Crippen LogP contribution is 2.26. The summed E-state index contributed by atoms with van der Waals surface area (Å²) in [5.74, 6) is 0. The predicted octanol–water partition coefficient (Wildman–Crippen LogP) is 4.29. The summed E-state index contributed by atoms with van der Waals surface area (Å²) in [5.41, 5.74) is 4.03. The standard InChI is InChI=1S/C16H17ClO/c1-3-12-5-4-6-13(10-12)16(18)14-7-8-15(17)11(2)9-14/h4-10,16,18H,3H2,1-2H3. The van der Waals surface area contributed by atoms with E-state index in [2.05, 4.69) is 19.1 Å². The van der Waals surface area contributed by atoms with Crippen LogP contribution in [0.4, 0.5) is 0 Å². The molecule has 0 aliphatic rings. The van der Waals surface area contributed by atoms with Gasteiger partial charge in [-0.1, -0.05) is 54.9 Å². The molecule has 2 aromatic carbocycles. The largest absolute Gasteiger partial charge is 0.384 e. The number of benzene rings is 2. The molecule has 0 spiro atoms. The summed E-state index contributed by atoms with van der Waals surface area (Å²) in [7, 11) is 0. The van der Waals surface area contributed by atoms with Gasteiger partial charge >= 0.3 is 0 Å². The average molecular weight is 261 g/mol. The van der Waals surface area contributed by atoms with Gasteiger partial charge in [-0.2, -0.15) is 0 Å². The van der Waals surface area contributed by atoms with Crippen LogP contribution < -0.4 is 0 Å². The van der Waals surface area contributed by atoms with E-state index < -0.39 is 6.10 Å². The molecule has 0 heterocycles. The van der Waals surface area contributed by atoms with E-state index in [4.69, 9.17) is 11.6 Å². The lowest BCUT2D eigenvalue weighted by atomic mass is 9.98. The quantitative estimate of drug-likeness (QED) is 0.873. The van der Waals surface area contributed by atoms with Crippen molar-refractivity contribution in [3.05, 3.63) is 69.7 Å². The molecule has 1 atom stereocenters. The monoisotopic (exact) mass is 260 g/mol. The van der Waals surface area contributed by atoms with Crippen molar-refractivity contribution in [1.82, 2.24) is 0 Å². The molecule has 0 saturated heterocycles. The average Bonchev–Trinajstić information content (AvgIpc) is 2.41. The van der Waals surface area contributed by atoms with Gasteiger partial charge in [0.05, 0.1) is 0 Å². The SMILES string of the molecule is CCc1cccc(C(O)c2ccc(Cl)c(C)c2)c1. The van der Waals surface area contributed by atoms with Crippen LogP contribution in [0.2, 0.25) is 5.02 Å². The number of halogens is 1. The van der Waals surface area contributed by atoms with Gasteiger partial charge in [0.15, 0.2) is 0 Å². The molecule has 0 radical (unpaired) electrons. The summed E-state index contributed by atoms with van der Waals surface area (Å²) < 4.78 is 0. The Morgan fingerprint density at radius 3 is 2.50 bits per heavy atom. The number of hydrogen-bond acceptors (Lipinski definition) is 1. The zero-order valence-electron chi connectivity index (χ0n) is 10.7. The zero-order valence-corrected chi connectivity index (χ0v) is 11.4. The van der Waals surface area contributed by atoms with Crippen LogP contribution in [0.1, 0.15) is 35.3 Å². The third kappa shape index (κ3) is 2.74. The van der Waals surface area contributed by atoms with Crippen molar-refractivity contribution >= 4 is 11.6 Å². The van der Waals surface area contributed by atoms with Crippen LogP contribution in [0.3, 0.4) is 0 Å². The normalized spacial score (nSPS) is 12.4. The molecule has 0 saturated carbocycles. The lowest BCUT2D eigenvalue weighted by Gasteiger charge is -2.13. The summed E-state index contributed by atoms with van der Waals surface area (Å²) in [6.45, 7) is 4.05. The van der Waals surface area contributed by atoms with Crippen LogP contribution in [0, 0.1) is 6.92 Å². The van der Waals surface area contributed by atoms with E-state index in [1.165, 1.54) is 5.56 Å². The lowest BCUT2D eigenvalue weighted by molar-refractivity contribution is 0.220. The van der Waals surface area contributed by atoms with E-state index in [1.54, 1.807) is 0 Å². The van der Waals surface area contributed by atoms with Gasteiger partial charge in [-0.3, -0.25) is 0 Å². The maximum absolute atomic E-state index is 10.4. The summed E-state index contributed by atoms with van der Waals surface area (Å²) in [6, 6.07) is 13.7. The Morgan fingerprint density at radius 2 is 1.83 bits per heavy atom. The molecule has 0 aromatic heterocycles. The van der Waals surface area contributed by atoms with Gasteiger partial charge in [0.1, 0.15) is 6.10 Å². The molecule has 0 aliphatic heterocycles. The molecule has 18 heavy (non-hydrogen) atoms. The first kappa shape index (κ1) is 13.1. The highest BCUT2D eigenvalue weighted by Gasteiger charge is 2.11. The van der Waals surface area contributed by atoms with E-state index in [1.807, 2.05) is 37.3 Å². The molecule has 2 heteroatoms. The highest BCUT2D eigenvalue weighted by molar-refractivity contribution is 6.31. The van der Waals surface area contributed by atoms with E-state index in [9.17, 15) is 5.11 Å². The molecular formula is C16H17ClO. The Labute approximate surface area is 113 Å². The molecule has 1 unspecified atom stereocenters. The van der Waals surface area contributed by atoms with Crippen molar-refractivity contribution in [3.63, 3.8) is 0 Å². The first-order valence-corrected chi connectivity index (χ1v) is 6.52. The van der Waals surface area contributed by atoms with Gasteiger partial charge in [0.2, 0.25) is 0 Å². The minimum Gasteiger partial charge on any atom is -0.384 e. The van der Waals surface area contributed by atoms with Crippen LogP contribution >= 0.6 is 11.6 Å². The van der Waals surface area contributed by atoms with E-state index in [0.29, 0.717) is 0 Å². The van der Waals surface area contributed by atoms with Crippen LogP contribution in [0.5, 0.6) is 0 Å². The Bertz CT molecular complexity index is 549. The van der Waals surface area contributed by atoms with Crippen molar-refractivity contribution < 1.29 is 5.11 Å². The predicted molar refractivity (Wildman–Crippen MR) is 76.1 cm³/mol. The smallest absolute Gasteiger partial charge is 0.104 e. The third-order valence-corrected chi connectivity index (χ3v) is 3.60. The second kappa shape index (κ2) is 5.55. The van der Waals surface area contributed by atoms with Crippen molar-refractivity contribution in [3.8, 4) is 0 Å². The number of hydrogen-bond donors (Lipinski definition) is 1. The van der Waals surface area contributed by atoms with Crippen molar-refractivity contribution in [2.45, 2.75) is 26.4 Å². The number of aryl methyl sites for hydroxylation is 2. The summed E-state index contributed by atoms with van der Waals surface area (Å²) in [4.78, 5) is 0. The first-order valence-electron chi connectivity index (χ1n) is 6.14. The number of rotatable bonds is 3. The fourth-order valence-electron chi connectivity index (χ4n) is 2.01. The molecule has 2 aromatic rings. The van der Waals surface area contributed by atoms with Gasteiger partial charge < -0.3 is 5.11 Å². The Kier molecular flexibility index (Phi) is 4.05. The fraction of sp³-hybridized carbons (Fsp3) is 0.250. The summed E-state index contributed by atoms with van der Waals surface area (Å²) in [5, 5.41) is 11.1. The minimum absolute atomic E-state index is 0.590. The molecule has 0 bridgehead atoms. The van der Waals surface area contributed by atoms with Crippen molar-refractivity contribution in [2.75, 3.05) is 0 Å². The molecule has 0 aliphatic carbocycles. The summed E-state index contributed by atoms with van der Waals surface area (Å²) >= 11 is 6.00. The highest BCUT2D eigenvalue weighted by atomic mass is 35.5. The van der Waals surface area contributed by atoms with E-state index in [-0.39, 0.29) is 0 Å². The maximum Gasteiger partial charge on any atom is 0.104 e. The van der Waals surface area contributed by atoms with Crippen LogP contribution in [-0.2, 0) is 6.42 Å². The lowest BCUT2D eigenvalue weighted by Crippen LogP contribution is -2.00. The fourth-order valence-corrected chi connectivity index (χ4v) is 2.13. The van der Waals surface area contributed by atoms with Gasteiger partial charge in [-0.05, 0) is 41.7 Å². The van der Waals surface area contributed by atoms with Crippen molar-refractivity contribution in [2.24, 2.45) is 0 Å². The van der Waals surface area contributed by atoms with Crippen LogP contribution in [0.15, 0.2) is 42.5 Å². The second-order valence-corrected chi connectivity index (χ2v) is 4.92. The number of aliphatic hydroxyl groups is 1. The topological polar surface area (TPSA) is 20.2 Å². The summed E-state index contributed by atoms with van der Waals surface area (Å²) in [6.07, 6.45) is 0.382. The second-order valence-electron chi connectivity index (χ2n) is 4.51. The number of aliphatic hydroxyl groups excluding tert-OH is 1. The van der Waals surface area contributed by atoms with Gasteiger partial charge in [0, 0.05) is 5.02 Å². The Balaban J connectivity index is 2.34. The molecule has 1 N–H and O–H groups in total. The van der Waals surface area contributed by atoms with E-state index in [0.717, 1.165) is 28.1 Å². The first-order chi connectivity index (χ1) is 8.61. The van der Waals surface area contributed by atoms with Crippen molar-refractivity contribution in [1.29, 1.82) is 0 Å². The molecular weight excluding hydrogens is 244 g/mol. The molecule has 1 nitrogen and oxygen atoms in total. The molecule has 0 amide bonds. The van der Waals surface area contributed by atoms with Gasteiger partial charge in [-0.15, -0.1) is 0 Å². The maximum atomic E-state index is 10.4.